The molecule has 0 aliphatic carbocycles. The van der Waals surface area contributed by atoms with Crippen LogP contribution >= 0.6 is 0 Å². The Hall–Kier alpha value is -0.810. The highest BCUT2D eigenvalue weighted by Crippen LogP contribution is 2.00. The van der Waals surface area contributed by atoms with Gasteiger partial charge in [0.25, 0.3) is 0 Å². The zero-order valence-electron chi connectivity index (χ0n) is 8.25. The van der Waals surface area contributed by atoms with Crippen LogP contribution in [-0.4, -0.2) is 62.9 Å². The predicted molar refractivity (Wildman–Crippen MR) is 49.5 cm³/mol. The molecule has 76 valence electrons. The molecule has 0 unspecified atom stereocenters. The van der Waals surface area contributed by atoms with Crippen LogP contribution in [-0.2, 0) is 4.74 Å². The van der Waals surface area contributed by atoms with E-state index in [9.17, 15) is 4.79 Å². The van der Waals surface area contributed by atoms with E-state index in [4.69, 9.17) is 4.74 Å². The first kappa shape index (κ1) is 10.3. The van der Waals surface area contributed by atoms with Crippen LogP contribution in [0, 0.1) is 0 Å². The summed E-state index contributed by atoms with van der Waals surface area (Å²) in [5, 5.41) is 2.77. The summed E-state index contributed by atoms with van der Waals surface area (Å²) in [5.41, 5.74) is 0. The van der Waals surface area contributed by atoms with E-state index in [0.29, 0.717) is 0 Å². The molecule has 1 rings (SSSR count). The Morgan fingerprint density at radius 2 is 2.00 bits per heavy atom. The molecule has 13 heavy (non-hydrogen) atoms. The summed E-state index contributed by atoms with van der Waals surface area (Å²) in [6.45, 7) is 3.66. The number of rotatable bonds is 2. The highest BCUT2D eigenvalue weighted by Gasteiger charge is 2.19. The van der Waals surface area contributed by atoms with Crippen molar-refractivity contribution in [2.24, 2.45) is 0 Å². The van der Waals surface area contributed by atoms with Crippen molar-refractivity contribution in [1.29, 1.82) is 0 Å². The minimum absolute atomic E-state index is 0.220. The quantitative estimate of drug-likeness (QED) is 0.595. The molecule has 0 bridgehead atoms. The molecule has 0 aromatic heterocycles. The van der Waals surface area contributed by atoms with E-state index in [1.807, 2.05) is 0 Å². The second kappa shape index (κ2) is 5.04. The van der Waals surface area contributed by atoms with Gasteiger partial charge in [-0.05, 0) is 14.1 Å². The molecule has 0 spiro atoms. The molecular formula is C8H17N3O2. The van der Waals surface area contributed by atoms with Crippen molar-refractivity contribution in [3.63, 3.8) is 0 Å². The third-order valence-electron chi connectivity index (χ3n) is 2.10. The van der Waals surface area contributed by atoms with Crippen LogP contribution in [0.5, 0.6) is 0 Å². The highest BCUT2D eigenvalue weighted by atomic mass is 16.6. The zero-order valence-corrected chi connectivity index (χ0v) is 8.25. The number of hydrogen-bond acceptors (Lipinski definition) is 4. The van der Waals surface area contributed by atoms with Crippen molar-refractivity contribution in [1.82, 2.24) is 15.1 Å². The summed E-state index contributed by atoms with van der Waals surface area (Å²) < 4.78 is 4.92. The SMILES string of the molecule is CNCOC(=O)N1CCN(C)CC1. The zero-order chi connectivity index (χ0) is 9.68. The Morgan fingerprint density at radius 1 is 1.38 bits per heavy atom. The first-order chi connectivity index (χ1) is 6.24. The number of nitrogens with zero attached hydrogens (tertiary/aromatic N) is 2. The Bertz CT molecular complexity index is 167. The Kier molecular flexibility index (Phi) is 3.98. The molecule has 1 heterocycles. The number of nitrogens with one attached hydrogen (secondary N) is 1. The van der Waals surface area contributed by atoms with Crippen molar-refractivity contribution in [3.8, 4) is 0 Å². The molecule has 0 saturated carbocycles. The molecule has 1 aliphatic rings. The summed E-state index contributed by atoms with van der Waals surface area (Å²) in [6.07, 6.45) is -0.220. The van der Waals surface area contributed by atoms with E-state index < -0.39 is 0 Å². The summed E-state index contributed by atoms with van der Waals surface area (Å²) in [5.74, 6) is 0. The first-order valence-corrected chi connectivity index (χ1v) is 4.49. The Morgan fingerprint density at radius 3 is 2.54 bits per heavy atom. The van der Waals surface area contributed by atoms with Crippen LogP contribution in [0.4, 0.5) is 4.79 Å². The molecule has 0 aromatic carbocycles. The van der Waals surface area contributed by atoms with Crippen LogP contribution in [0.2, 0.25) is 0 Å². The largest absolute Gasteiger partial charge is 0.433 e. The van der Waals surface area contributed by atoms with Gasteiger partial charge in [-0.2, -0.15) is 0 Å². The van der Waals surface area contributed by atoms with E-state index in [-0.39, 0.29) is 12.8 Å². The second-order valence-electron chi connectivity index (χ2n) is 3.20. The molecule has 1 aliphatic heterocycles. The molecule has 0 atom stereocenters. The Balaban J connectivity index is 2.23. The summed E-state index contributed by atoms with van der Waals surface area (Å²) >= 11 is 0. The maximum absolute atomic E-state index is 11.3. The van der Waals surface area contributed by atoms with E-state index in [1.165, 1.54) is 0 Å². The van der Waals surface area contributed by atoms with E-state index in [0.717, 1.165) is 26.2 Å². The first-order valence-electron chi connectivity index (χ1n) is 4.49. The van der Waals surface area contributed by atoms with E-state index >= 15 is 0 Å². The maximum Gasteiger partial charge on any atom is 0.411 e. The number of likely N-dealkylation sites (N-methyl/N-ethyl adjacent to an activating group) is 1. The third kappa shape index (κ3) is 3.20. The van der Waals surface area contributed by atoms with Gasteiger partial charge in [0.05, 0.1) is 0 Å². The third-order valence-corrected chi connectivity index (χ3v) is 2.10. The number of carbonyl (C=O) groups is 1. The van der Waals surface area contributed by atoms with Crippen molar-refractivity contribution < 1.29 is 9.53 Å². The fourth-order valence-corrected chi connectivity index (χ4v) is 1.21. The summed E-state index contributed by atoms with van der Waals surface area (Å²) in [4.78, 5) is 15.2. The molecule has 1 N–H and O–H groups in total. The minimum Gasteiger partial charge on any atom is -0.433 e. The standard InChI is InChI=1S/C8H17N3O2/c1-9-7-13-8(12)11-5-3-10(2)4-6-11/h9H,3-7H2,1-2H3. The van der Waals surface area contributed by atoms with Crippen LogP contribution in [0.25, 0.3) is 0 Å². The average molecular weight is 187 g/mol. The molecule has 1 saturated heterocycles. The van der Waals surface area contributed by atoms with Crippen LogP contribution in [0.3, 0.4) is 0 Å². The van der Waals surface area contributed by atoms with Crippen molar-refractivity contribution in [3.05, 3.63) is 0 Å². The van der Waals surface area contributed by atoms with Gasteiger partial charge in [0, 0.05) is 26.2 Å². The van der Waals surface area contributed by atoms with Crippen molar-refractivity contribution in [2.45, 2.75) is 0 Å². The van der Waals surface area contributed by atoms with Gasteiger partial charge < -0.3 is 14.5 Å². The monoisotopic (exact) mass is 187 g/mol. The number of piperazine rings is 1. The maximum atomic E-state index is 11.3. The molecular weight excluding hydrogens is 170 g/mol. The number of hydrogen-bond donors (Lipinski definition) is 1. The van der Waals surface area contributed by atoms with Gasteiger partial charge in [-0.25, -0.2) is 4.79 Å². The number of ether oxygens (including phenoxy) is 1. The lowest BCUT2D eigenvalue weighted by atomic mass is 10.3. The molecule has 0 radical (unpaired) electrons. The lowest BCUT2D eigenvalue weighted by Gasteiger charge is -2.31. The number of amides is 1. The van der Waals surface area contributed by atoms with Crippen molar-refractivity contribution >= 4 is 6.09 Å². The average Bonchev–Trinajstić information content (AvgIpc) is 2.15. The van der Waals surface area contributed by atoms with E-state index in [1.54, 1.807) is 11.9 Å². The van der Waals surface area contributed by atoms with Gasteiger partial charge in [-0.3, -0.25) is 5.32 Å². The predicted octanol–water partition coefficient (Wildman–Crippen LogP) is -0.453. The molecule has 0 aromatic rings. The van der Waals surface area contributed by atoms with Gasteiger partial charge in [0.15, 0.2) is 0 Å². The summed E-state index contributed by atoms with van der Waals surface area (Å²) in [6, 6.07) is 0. The molecule has 5 nitrogen and oxygen atoms in total. The lowest BCUT2D eigenvalue weighted by Crippen LogP contribution is -2.47. The van der Waals surface area contributed by atoms with Crippen LogP contribution in [0.15, 0.2) is 0 Å². The van der Waals surface area contributed by atoms with E-state index in [2.05, 4.69) is 17.3 Å². The topological polar surface area (TPSA) is 44.8 Å². The normalized spacial score (nSPS) is 18.8. The van der Waals surface area contributed by atoms with Gasteiger partial charge in [-0.1, -0.05) is 0 Å². The van der Waals surface area contributed by atoms with Gasteiger partial charge in [0.1, 0.15) is 6.73 Å². The minimum atomic E-state index is -0.220. The van der Waals surface area contributed by atoms with Crippen molar-refractivity contribution in [2.75, 3.05) is 47.0 Å². The van der Waals surface area contributed by atoms with Gasteiger partial charge in [-0.15, -0.1) is 0 Å². The smallest absolute Gasteiger partial charge is 0.411 e. The Labute approximate surface area is 78.6 Å². The van der Waals surface area contributed by atoms with Gasteiger partial charge >= 0.3 is 6.09 Å². The highest BCUT2D eigenvalue weighted by molar-refractivity contribution is 5.67. The van der Waals surface area contributed by atoms with Gasteiger partial charge in [0.2, 0.25) is 0 Å². The number of carbonyl (C=O) groups excluding carboxylic acids is 1. The fourth-order valence-electron chi connectivity index (χ4n) is 1.21. The molecule has 5 heteroatoms. The molecule has 1 amide bonds. The molecule has 1 fully saturated rings. The van der Waals surface area contributed by atoms with Crippen LogP contribution < -0.4 is 5.32 Å². The second-order valence-corrected chi connectivity index (χ2v) is 3.20. The lowest BCUT2D eigenvalue weighted by molar-refractivity contribution is 0.0779. The fraction of sp³-hybridized carbons (Fsp3) is 0.875. The summed E-state index contributed by atoms with van der Waals surface area (Å²) in [7, 11) is 3.80. The van der Waals surface area contributed by atoms with Crippen LogP contribution in [0.1, 0.15) is 0 Å².